The zero-order valence-corrected chi connectivity index (χ0v) is 19.2. The van der Waals surface area contributed by atoms with E-state index >= 15 is 0 Å². The highest BCUT2D eigenvalue weighted by atomic mass is 35.5. The van der Waals surface area contributed by atoms with Gasteiger partial charge in [-0.25, -0.2) is 4.39 Å². The molecule has 0 spiro atoms. The Morgan fingerprint density at radius 2 is 1.87 bits per heavy atom. The Hall–Kier alpha value is -2.15. The third kappa shape index (κ3) is 7.20. The van der Waals surface area contributed by atoms with Gasteiger partial charge in [-0.2, -0.15) is 15.0 Å². The number of aromatic nitrogens is 3. The average molecular weight is 450 g/mol. The van der Waals surface area contributed by atoms with E-state index in [-0.39, 0.29) is 17.0 Å². The van der Waals surface area contributed by atoms with Crippen molar-refractivity contribution in [1.82, 2.24) is 15.0 Å². The molecular formula is C23H33ClFN5O. The Bertz CT molecular complexity index is 832. The monoisotopic (exact) mass is 449 g/mol. The number of unbranched alkanes of at least 4 members (excludes halogenated alkanes) is 3. The molecule has 31 heavy (non-hydrogen) atoms. The van der Waals surface area contributed by atoms with Gasteiger partial charge >= 0.3 is 0 Å². The lowest BCUT2D eigenvalue weighted by atomic mass is 9.82. The summed E-state index contributed by atoms with van der Waals surface area (Å²) in [7, 11) is 1.43. The number of ether oxygens (including phenoxy) is 1. The fourth-order valence-corrected chi connectivity index (χ4v) is 4.42. The highest BCUT2D eigenvalue weighted by Crippen LogP contribution is 2.31. The van der Waals surface area contributed by atoms with Crippen molar-refractivity contribution in [3.8, 4) is 5.75 Å². The van der Waals surface area contributed by atoms with Gasteiger partial charge in [0.25, 0.3) is 0 Å². The number of anilines is 3. The first kappa shape index (κ1) is 23.5. The highest BCUT2D eigenvalue weighted by Gasteiger charge is 2.24. The van der Waals surface area contributed by atoms with Crippen molar-refractivity contribution in [3.05, 3.63) is 29.3 Å². The summed E-state index contributed by atoms with van der Waals surface area (Å²) in [5.74, 6) is 1.08. The van der Waals surface area contributed by atoms with E-state index in [9.17, 15) is 4.39 Å². The van der Waals surface area contributed by atoms with Gasteiger partial charge in [-0.1, -0.05) is 51.9 Å². The summed E-state index contributed by atoms with van der Waals surface area (Å²) < 4.78 is 19.0. The van der Waals surface area contributed by atoms with E-state index in [0.29, 0.717) is 23.6 Å². The summed E-state index contributed by atoms with van der Waals surface area (Å²) in [5.41, 5.74) is 0.509. The van der Waals surface area contributed by atoms with Gasteiger partial charge in [0, 0.05) is 17.8 Å². The van der Waals surface area contributed by atoms with Crippen LogP contribution in [0.2, 0.25) is 5.28 Å². The Kier molecular flexibility index (Phi) is 9.13. The van der Waals surface area contributed by atoms with Crippen molar-refractivity contribution >= 4 is 29.2 Å². The van der Waals surface area contributed by atoms with E-state index < -0.39 is 5.82 Å². The smallest absolute Gasteiger partial charge is 0.233 e. The molecule has 1 saturated carbocycles. The van der Waals surface area contributed by atoms with Crippen molar-refractivity contribution in [3.63, 3.8) is 0 Å². The van der Waals surface area contributed by atoms with Gasteiger partial charge in [-0.05, 0) is 48.9 Å². The Balaban J connectivity index is 1.72. The maximum atomic E-state index is 14.0. The van der Waals surface area contributed by atoms with Gasteiger partial charge < -0.3 is 15.4 Å². The summed E-state index contributed by atoms with van der Waals surface area (Å²) >= 11 is 6.17. The summed E-state index contributed by atoms with van der Waals surface area (Å²) in [4.78, 5) is 12.9. The molecule has 1 aromatic carbocycles. The fraction of sp³-hybridized carbons (Fsp3) is 0.609. The molecule has 1 atom stereocenters. The van der Waals surface area contributed by atoms with Gasteiger partial charge in [0.1, 0.15) is 0 Å². The minimum Gasteiger partial charge on any atom is -0.494 e. The maximum absolute atomic E-state index is 14.0. The maximum Gasteiger partial charge on any atom is 0.233 e. The molecule has 0 saturated heterocycles. The van der Waals surface area contributed by atoms with Crippen LogP contribution in [0, 0.1) is 11.7 Å². The number of nitrogens with zero attached hydrogens (tertiary/aromatic N) is 3. The topological polar surface area (TPSA) is 72.0 Å². The van der Waals surface area contributed by atoms with Crippen LogP contribution in [0.3, 0.4) is 0 Å². The van der Waals surface area contributed by atoms with Crippen molar-refractivity contribution in [2.24, 2.45) is 5.92 Å². The molecule has 3 rings (SSSR count). The third-order valence-corrected chi connectivity index (χ3v) is 6.09. The number of nitrogens with one attached hydrogen (secondary N) is 2. The standard InChI is InChI=1S/C23H33ClFN5O/c1-3-4-5-9-12-19(16-10-7-6-8-11-16)27-23-29-21(24)28-22(30-23)26-17-13-14-20(31-2)18(25)15-17/h13-16,19H,3-12H2,1-2H3,(H2,26,27,28,29,30). The summed E-state index contributed by atoms with van der Waals surface area (Å²) in [5, 5.41) is 6.65. The van der Waals surface area contributed by atoms with E-state index in [1.165, 1.54) is 71.0 Å². The minimum absolute atomic E-state index is 0.0994. The van der Waals surface area contributed by atoms with E-state index in [1.54, 1.807) is 12.1 Å². The molecule has 2 N–H and O–H groups in total. The molecule has 170 valence electrons. The third-order valence-electron chi connectivity index (χ3n) is 5.92. The Morgan fingerprint density at radius 1 is 1.10 bits per heavy atom. The summed E-state index contributed by atoms with van der Waals surface area (Å²) in [6.07, 6.45) is 12.4. The van der Waals surface area contributed by atoms with Crippen molar-refractivity contribution in [2.45, 2.75) is 77.2 Å². The normalized spacial score (nSPS) is 15.5. The zero-order valence-electron chi connectivity index (χ0n) is 18.5. The van der Waals surface area contributed by atoms with Gasteiger partial charge in [0.05, 0.1) is 7.11 Å². The predicted octanol–water partition coefficient (Wildman–Crippen LogP) is 6.75. The highest BCUT2D eigenvalue weighted by molar-refractivity contribution is 6.28. The van der Waals surface area contributed by atoms with Crippen molar-refractivity contribution in [1.29, 1.82) is 0 Å². The number of hydrogen-bond acceptors (Lipinski definition) is 6. The van der Waals surface area contributed by atoms with Crippen LogP contribution in [0.4, 0.5) is 22.0 Å². The van der Waals surface area contributed by atoms with Gasteiger partial charge in [-0.3, -0.25) is 0 Å². The Labute approximate surface area is 189 Å². The molecule has 0 amide bonds. The minimum atomic E-state index is -0.463. The first-order valence-corrected chi connectivity index (χ1v) is 11.8. The number of hydrogen-bond donors (Lipinski definition) is 2. The lowest BCUT2D eigenvalue weighted by molar-refractivity contribution is 0.303. The van der Waals surface area contributed by atoms with Crippen LogP contribution in [0.5, 0.6) is 5.75 Å². The first-order valence-electron chi connectivity index (χ1n) is 11.4. The van der Waals surface area contributed by atoms with E-state index in [2.05, 4.69) is 32.5 Å². The van der Waals surface area contributed by atoms with Crippen LogP contribution in [0.25, 0.3) is 0 Å². The average Bonchev–Trinajstić information content (AvgIpc) is 2.76. The number of methoxy groups -OCH3 is 1. The number of halogens is 2. The Morgan fingerprint density at radius 3 is 2.58 bits per heavy atom. The second-order valence-electron chi connectivity index (χ2n) is 8.22. The van der Waals surface area contributed by atoms with Gasteiger partial charge in [0.2, 0.25) is 17.2 Å². The van der Waals surface area contributed by atoms with Crippen LogP contribution in [0.15, 0.2) is 18.2 Å². The SMILES string of the molecule is CCCCCCC(Nc1nc(Cl)nc(Nc2ccc(OC)c(F)c2)n1)C1CCCCC1. The predicted molar refractivity (Wildman–Crippen MR) is 124 cm³/mol. The van der Waals surface area contributed by atoms with E-state index in [1.807, 2.05) is 0 Å². The molecular weight excluding hydrogens is 417 g/mol. The van der Waals surface area contributed by atoms with Crippen molar-refractivity contribution < 1.29 is 9.13 Å². The van der Waals surface area contributed by atoms with Crippen molar-refractivity contribution in [2.75, 3.05) is 17.7 Å². The van der Waals surface area contributed by atoms with Crippen LogP contribution in [-0.2, 0) is 0 Å². The van der Waals surface area contributed by atoms with E-state index in [0.717, 1.165) is 6.42 Å². The molecule has 1 unspecified atom stereocenters. The second-order valence-corrected chi connectivity index (χ2v) is 8.56. The lowest BCUT2D eigenvalue weighted by Crippen LogP contribution is -2.31. The van der Waals surface area contributed by atoms with Gasteiger partial charge in [0.15, 0.2) is 11.6 Å². The molecule has 2 aromatic rings. The molecule has 1 aliphatic rings. The quantitative estimate of drug-likeness (QED) is 0.370. The summed E-state index contributed by atoms with van der Waals surface area (Å²) in [6, 6.07) is 4.91. The number of rotatable bonds is 11. The molecule has 8 heteroatoms. The molecule has 1 aliphatic carbocycles. The number of benzene rings is 1. The molecule has 0 bridgehead atoms. The molecule has 1 aromatic heterocycles. The lowest BCUT2D eigenvalue weighted by Gasteiger charge is -2.31. The molecule has 1 fully saturated rings. The van der Waals surface area contributed by atoms with E-state index in [4.69, 9.17) is 16.3 Å². The van der Waals surface area contributed by atoms with Gasteiger partial charge in [-0.15, -0.1) is 0 Å². The summed E-state index contributed by atoms with van der Waals surface area (Å²) in [6.45, 7) is 2.23. The molecule has 6 nitrogen and oxygen atoms in total. The largest absolute Gasteiger partial charge is 0.494 e. The molecule has 0 radical (unpaired) electrons. The van der Waals surface area contributed by atoms with Crippen LogP contribution in [-0.4, -0.2) is 28.1 Å². The van der Waals surface area contributed by atoms with Crippen LogP contribution >= 0.6 is 11.6 Å². The second kappa shape index (κ2) is 12.0. The van der Waals surface area contributed by atoms with Crippen LogP contribution < -0.4 is 15.4 Å². The molecule has 0 aliphatic heterocycles. The zero-order chi connectivity index (χ0) is 22.1. The fourth-order valence-electron chi connectivity index (χ4n) is 4.26. The van der Waals surface area contributed by atoms with Crippen LogP contribution in [0.1, 0.15) is 71.1 Å². The molecule has 1 heterocycles. The first-order chi connectivity index (χ1) is 15.1.